The van der Waals surface area contributed by atoms with E-state index >= 15 is 0 Å². The predicted molar refractivity (Wildman–Crippen MR) is 288 cm³/mol. The molecule has 14 nitrogen and oxygen atoms in total. The van der Waals surface area contributed by atoms with Crippen LogP contribution in [-0.2, 0) is 24.6 Å². The largest absolute Gasteiger partial charge is 1.00 e. The fourth-order valence-corrected chi connectivity index (χ4v) is 6.00. The number of phenolic OH excluding ortho intramolecular Hbond substituents is 1. The van der Waals surface area contributed by atoms with Gasteiger partial charge in [-0.1, -0.05) is 122 Å². The SMILES string of the molecule is CC(C)(C)C(=O)CSC=N.CC(C)CCOc1ccccc1N.CC(C)CCOc1ccccc1Nc1nc(C(C)(C)C)cs1.COCCO.C[CH-]CCBr.Nc1ccccc1O.O=[C-]OO.[2HH].[Cs+].[Cs+]. The number of nitrogen functional groups attached to an aromatic ring is 2. The maximum absolute atomic E-state index is 11.1. The molecule has 4 rings (SSSR count). The summed E-state index contributed by atoms with van der Waals surface area (Å²) in [6, 6.07) is 22.3. The van der Waals surface area contributed by atoms with Gasteiger partial charge in [-0.3, -0.25) is 4.79 Å². The quantitative estimate of drug-likeness (QED) is 0.00810. The standard InChI is InChI=1S/C18H26N2OS.C11H17NO.C7H13NOS.C6H7NO.C4H8Br.C3H8O2.CHO3.2Cs.H2/c1-13(2)10-11-21-15-9-7-6-8-14(15)19-17-20-16(12-22-17)18(3,4)5;1-9(2)7-8-13-11-6-4-3-5-10(11)12;1-7(2,3)6(9)4-10-5-8;7-5-3-1-2-4-6(5)8;1-2-3-4-5;1-5-3-2-4;2-1-4-3;;;/h6-9,12-13H,10-11H2,1-5H3,(H,19,20);3-6,9H,7-8,12H2,1-2H3;5,8H,4H2,1-3H3;1-4,8H,7H2;2H,3-4H2,1H3;4H,2-3H2,1H3;3H;;;1H/q;;;;-1;;-1;2*+1;/i;;;;;;;;;1+1. The van der Waals surface area contributed by atoms with Crippen molar-refractivity contribution in [1.29, 1.82) is 5.41 Å². The van der Waals surface area contributed by atoms with Crippen molar-refractivity contribution in [2.24, 2.45) is 17.3 Å². The summed E-state index contributed by atoms with van der Waals surface area (Å²) in [7, 11) is 1.55. The third-order valence-corrected chi connectivity index (χ3v) is 9.84. The number of aliphatic hydroxyl groups excluding tert-OH is 1. The maximum Gasteiger partial charge on any atom is 1.00 e. The van der Waals surface area contributed by atoms with E-state index in [4.69, 9.17) is 46.6 Å². The van der Waals surface area contributed by atoms with Crippen LogP contribution in [-0.4, -0.2) is 82.9 Å². The Kier molecular flexibility index (Phi) is 56.1. The van der Waals surface area contributed by atoms with E-state index in [1.165, 1.54) is 23.7 Å². The normalized spacial score (nSPS) is 9.87. The third kappa shape index (κ3) is 47.2. The zero-order chi connectivity index (χ0) is 51.7. The number of thioether (sulfide) groups is 1. The molecule has 0 aliphatic rings. The average molecular weight is 1310 g/mol. The number of nitrogens with two attached hydrogens (primary N) is 2. The molecule has 0 aliphatic heterocycles. The number of methoxy groups -OCH3 is 1. The van der Waals surface area contributed by atoms with Crippen LogP contribution in [0.25, 0.3) is 0 Å². The Hall–Kier alpha value is -0.286. The molecule has 0 aliphatic carbocycles. The molecule has 1 aromatic heterocycles. The van der Waals surface area contributed by atoms with Gasteiger partial charge in [0.1, 0.15) is 23.0 Å². The van der Waals surface area contributed by atoms with Crippen LogP contribution in [0.1, 0.15) is 103 Å². The summed E-state index contributed by atoms with van der Waals surface area (Å²) < 4.78 is 15.9. The van der Waals surface area contributed by atoms with Gasteiger partial charge < -0.3 is 62.7 Å². The number of ketones is 1. The van der Waals surface area contributed by atoms with Crippen molar-refractivity contribution in [3.63, 3.8) is 0 Å². The molecule has 4 aromatic rings. The van der Waals surface area contributed by atoms with E-state index in [1.54, 1.807) is 42.7 Å². The van der Waals surface area contributed by atoms with E-state index in [2.05, 4.69) is 103 Å². The number of nitrogens with one attached hydrogen (secondary N) is 2. The Morgan fingerprint density at radius 2 is 1.41 bits per heavy atom. The molecule has 3 aromatic carbocycles. The monoisotopic (exact) mass is 1310 g/mol. The second kappa shape index (κ2) is 49.9. The average Bonchev–Trinajstić information content (AvgIpc) is 3.76. The fourth-order valence-electron chi connectivity index (χ4n) is 3.93. The number of anilines is 4. The summed E-state index contributed by atoms with van der Waals surface area (Å²) in [5.41, 5.74) is 15.2. The molecule has 0 unspecified atom stereocenters. The van der Waals surface area contributed by atoms with Crippen LogP contribution >= 0.6 is 39.0 Å². The molecule has 0 amide bonds. The molecule has 0 saturated heterocycles. The number of aromatic hydroxyl groups is 1. The van der Waals surface area contributed by atoms with Crippen molar-refractivity contribution < 1.29 is 183 Å². The smallest absolute Gasteiger partial charge is 0.509 e. The van der Waals surface area contributed by atoms with Crippen molar-refractivity contribution >= 4 is 79.0 Å². The number of rotatable bonds is 18. The number of nitrogens with zero attached hydrogens (tertiary/aromatic N) is 1. The molecule has 9 N–H and O–H groups in total. The number of aromatic nitrogens is 1. The van der Waals surface area contributed by atoms with Crippen LogP contribution in [0.15, 0.2) is 78.2 Å². The number of Topliss-reactive ketones (excluding diaryl/α,β-unsaturated/α-hetero) is 1. The second-order valence-corrected chi connectivity index (χ2v) is 19.5. The molecule has 0 spiro atoms. The molecule has 19 heteroatoms. The number of phenols is 1. The first-order chi connectivity index (χ1) is 31.6. The Morgan fingerprint density at radius 3 is 1.75 bits per heavy atom. The number of hydrogen-bond donors (Lipinski definition) is 7. The molecule has 0 radical (unpaired) electrons. The van der Waals surface area contributed by atoms with Crippen molar-refractivity contribution in [3.8, 4) is 17.2 Å². The van der Waals surface area contributed by atoms with E-state index in [9.17, 15) is 4.79 Å². The Balaban J connectivity index is -0.000000185. The summed E-state index contributed by atoms with van der Waals surface area (Å²) in [4.78, 5) is 27.1. The van der Waals surface area contributed by atoms with Crippen molar-refractivity contribution in [2.45, 2.75) is 101 Å². The number of carbonyl (C=O) groups is 1. The zero-order valence-corrected chi connectivity index (χ0v) is 59.5. The minimum absolute atomic E-state index is 0. The summed E-state index contributed by atoms with van der Waals surface area (Å²) in [5, 5.41) is 37.9. The number of halogens is 1. The summed E-state index contributed by atoms with van der Waals surface area (Å²) in [6.07, 6.45) is 5.43. The van der Waals surface area contributed by atoms with Gasteiger partial charge in [0, 0.05) is 24.7 Å². The number of thiazole rings is 1. The number of unbranched alkanes of at least 4 members (excludes halogenated alkanes) is 1. The van der Waals surface area contributed by atoms with Crippen LogP contribution in [0, 0.1) is 29.1 Å². The van der Waals surface area contributed by atoms with Gasteiger partial charge in [0.15, 0.2) is 5.13 Å². The fraction of sp³-hybridized carbons (Fsp3) is 0.500. The number of para-hydroxylation sites is 6. The van der Waals surface area contributed by atoms with Gasteiger partial charge in [0.05, 0.1) is 60.5 Å². The molecule has 0 bridgehead atoms. The van der Waals surface area contributed by atoms with Crippen LogP contribution in [0.3, 0.4) is 0 Å². The van der Waals surface area contributed by atoms with Gasteiger partial charge in [-0.15, -0.1) is 23.1 Å². The Morgan fingerprint density at radius 1 is 0.913 bits per heavy atom. The van der Waals surface area contributed by atoms with Crippen molar-refractivity contribution in [2.75, 3.05) is 61.4 Å². The van der Waals surface area contributed by atoms with Gasteiger partial charge in [0.2, 0.25) is 0 Å². The number of alkyl halides is 1. The summed E-state index contributed by atoms with van der Waals surface area (Å²) >= 11 is 6.14. The molecule has 1 heterocycles. The maximum atomic E-state index is 11.1. The van der Waals surface area contributed by atoms with Crippen LogP contribution in [0.5, 0.6) is 17.2 Å². The van der Waals surface area contributed by atoms with Crippen molar-refractivity contribution in [1.82, 2.24) is 4.98 Å². The number of benzene rings is 3. The molecular formula is C50H82BrCs2N5O9S2. The van der Waals surface area contributed by atoms with Gasteiger partial charge in [-0.2, -0.15) is 13.3 Å². The Labute approximate surface area is 550 Å². The van der Waals surface area contributed by atoms with Crippen LogP contribution in [0.2, 0.25) is 0 Å². The number of hydrogen-bond acceptors (Lipinski definition) is 16. The Bertz CT molecular complexity index is 1810. The molecule has 0 atom stereocenters. The number of ether oxygens (including phenoxy) is 3. The van der Waals surface area contributed by atoms with Gasteiger partial charge in [-0.25, -0.2) is 10.2 Å². The minimum atomic E-state index is -0.254. The van der Waals surface area contributed by atoms with E-state index < -0.39 is 0 Å². The predicted octanol–water partition coefficient (Wildman–Crippen LogP) is 6.64. The number of aliphatic hydroxyl groups is 1. The van der Waals surface area contributed by atoms with Crippen LogP contribution in [0.4, 0.5) is 22.2 Å². The summed E-state index contributed by atoms with van der Waals surface area (Å²) in [6.45, 7) is 25.8. The molecule has 382 valence electrons. The summed E-state index contributed by atoms with van der Waals surface area (Å²) in [5.74, 6) is 3.76. The molecular weight excluding hydrogens is 1220 g/mol. The minimum Gasteiger partial charge on any atom is -0.509 e. The van der Waals surface area contributed by atoms with Gasteiger partial charge in [-0.05, 0) is 72.9 Å². The zero-order valence-electron chi connectivity index (χ0n) is 43.8. The van der Waals surface area contributed by atoms with Crippen molar-refractivity contribution in [3.05, 3.63) is 90.3 Å². The topological polar surface area (TPSA) is 233 Å². The van der Waals surface area contributed by atoms with E-state index in [0.717, 1.165) is 65.9 Å². The molecule has 69 heavy (non-hydrogen) atoms. The van der Waals surface area contributed by atoms with E-state index in [1.807, 2.05) is 69.3 Å². The second-order valence-electron chi connectivity index (χ2n) is 16.9. The molecule has 0 fully saturated rings. The first kappa shape index (κ1) is 77.6. The first-order valence-electron chi connectivity index (χ1n) is 21.8. The van der Waals surface area contributed by atoms with E-state index in [0.29, 0.717) is 35.6 Å². The third-order valence-electron chi connectivity index (χ3n) is 8.03. The van der Waals surface area contributed by atoms with Gasteiger partial charge in [0.25, 0.3) is 0 Å². The number of carbonyl (C=O) groups excluding carboxylic acids is 2. The van der Waals surface area contributed by atoms with Crippen LogP contribution < -0.4 is 164 Å². The van der Waals surface area contributed by atoms with E-state index in [-0.39, 0.29) is 168 Å². The first-order valence-corrected chi connectivity index (χ1v) is 24.8. The van der Waals surface area contributed by atoms with Gasteiger partial charge >= 0.3 is 138 Å². The molecule has 0 saturated carbocycles.